The molecule has 3 aliphatic heterocycles. The number of hydrogen-bond acceptors (Lipinski definition) is 6. The maximum Gasteiger partial charge on any atom is 0.267 e. The summed E-state index contributed by atoms with van der Waals surface area (Å²) in [6, 6.07) is 13.9. The number of ether oxygens (including phenoxy) is 1. The van der Waals surface area contributed by atoms with Crippen molar-refractivity contribution in [2.45, 2.75) is 50.4 Å². The van der Waals surface area contributed by atoms with E-state index in [0.717, 1.165) is 33.6 Å². The summed E-state index contributed by atoms with van der Waals surface area (Å²) in [5.41, 5.74) is 4.90. The lowest BCUT2D eigenvalue weighted by Crippen LogP contribution is -2.47. The standard InChI is InChI=1S/C25H27N5O2/c1-29(20-11-18-4-5-19(12-20)27-18)23-8-7-22-21-6-3-15(9-17(21)14-32-25(22)28-23)16-10-24(31)30(2)26-13-16/h3,6-10,13,18-20,27H,4-5,11-12,14H2,1-2H3/t18-,19+,20-. The topological polar surface area (TPSA) is 72.3 Å². The lowest BCUT2D eigenvalue weighted by atomic mass is 9.95. The minimum atomic E-state index is -0.121. The van der Waals surface area contributed by atoms with Gasteiger partial charge in [-0.05, 0) is 60.6 Å². The number of hydrogen-bond donors (Lipinski definition) is 1. The van der Waals surface area contributed by atoms with Crippen molar-refractivity contribution in [3.8, 4) is 28.1 Å². The van der Waals surface area contributed by atoms with Gasteiger partial charge in [0.15, 0.2) is 0 Å². The van der Waals surface area contributed by atoms with Gasteiger partial charge in [-0.15, -0.1) is 0 Å². The van der Waals surface area contributed by atoms with Gasteiger partial charge >= 0.3 is 0 Å². The van der Waals surface area contributed by atoms with Crippen molar-refractivity contribution < 1.29 is 4.74 Å². The van der Waals surface area contributed by atoms with E-state index < -0.39 is 0 Å². The van der Waals surface area contributed by atoms with Crippen molar-refractivity contribution in [3.05, 3.63) is 58.5 Å². The van der Waals surface area contributed by atoms with Crippen LogP contribution in [0.1, 0.15) is 31.2 Å². The maximum atomic E-state index is 12.0. The SMILES string of the molecule is CN(c1ccc2c(n1)OCc1cc(-c3cnn(C)c(=O)c3)ccc1-2)[C@@H]1C[C@H]2CC[C@@H](C1)N2. The number of aryl methyl sites for hydroxylation is 1. The molecule has 1 N–H and O–H groups in total. The number of nitrogens with zero attached hydrogens (tertiary/aromatic N) is 4. The second-order valence-corrected chi connectivity index (χ2v) is 9.26. The third-order valence-electron chi connectivity index (χ3n) is 7.26. The Bertz CT molecular complexity index is 1240. The fraction of sp³-hybridized carbons (Fsp3) is 0.400. The molecular weight excluding hydrogens is 402 g/mol. The summed E-state index contributed by atoms with van der Waals surface area (Å²) in [4.78, 5) is 19.2. The Morgan fingerprint density at radius 3 is 2.62 bits per heavy atom. The second-order valence-electron chi connectivity index (χ2n) is 9.26. The van der Waals surface area contributed by atoms with Crippen LogP contribution in [0.4, 0.5) is 5.82 Å². The predicted molar refractivity (Wildman–Crippen MR) is 124 cm³/mol. The fourth-order valence-electron chi connectivity index (χ4n) is 5.40. The summed E-state index contributed by atoms with van der Waals surface area (Å²) >= 11 is 0. The first-order valence-corrected chi connectivity index (χ1v) is 11.3. The number of anilines is 1. The van der Waals surface area contributed by atoms with Gasteiger partial charge in [-0.25, -0.2) is 4.68 Å². The highest BCUT2D eigenvalue weighted by atomic mass is 16.5. The molecule has 0 saturated carbocycles. The summed E-state index contributed by atoms with van der Waals surface area (Å²) in [6.07, 6.45) is 6.66. The zero-order valence-electron chi connectivity index (χ0n) is 18.4. The number of pyridine rings is 1. The van der Waals surface area contributed by atoms with Gasteiger partial charge in [-0.1, -0.05) is 12.1 Å². The van der Waals surface area contributed by atoms with Gasteiger partial charge in [-0.2, -0.15) is 10.1 Å². The third-order valence-corrected chi connectivity index (χ3v) is 7.26. The van der Waals surface area contributed by atoms with E-state index in [1.165, 1.54) is 30.4 Å². The van der Waals surface area contributed by atoms with Gasteiger partial charge in [0.25, 0.3) is 5.56 Å². The van der Waals surface area contributed by atoms with E-state index in [-0.39, 0.29) is 5.56 Å². The first-order valence-electron chi connectivity index (χ1n) is 11.3. The Labute approximate surface area is 187 Å². The number of rotatable bonds is 3. The van der Waals surface area contributed by atoms with Gasteiger partial charge in [0.1, 0.15) is 12.4 Å². The molecule has 2 fully saturated rings. The smallest absolute Gasteiger partial charge is 0.267 e. The molecular formula is C25H27N5O2. The molecule has 2 bridgehead atoms. The molecule has 2 saturated heterocycles. The molecule has 6 rings (SSSR count). The van der Waals surface area contributed by atoms with Crippen LogP contribution in [0, 0.1) is 0 Å². The molecule has 32 heavy (non-hydrogen) atoms. The summed E-state index contributed by atoms with van der Waals surface area (Å²) < 4.78 is 7.41. The molecule has 5 heterocycles. The minimum absolute atomic E-state index is 0.121. The van der Waals surface area contributed by atoms with Crippen LogP contribution in [-0.2, 0) is 13.7 Å². The minimum Gasteiger partial charge on any atom is -0.472 e. The Morgan fingerprint density at radius 2 is 1.84 bits per heavy atom. The van der Waals surface area contributed by atoms with E-state index in [1.54, 1.807) is 19.3 Å². The molecule has 0 radical (unpaired) electrons. The highest BCUT2D eigenvalue weighted by Crippen LogP contribution is 2.40. The first kappa shape index (κ1) is 19.5. The first-order chi connectivity index (χ1) is 15.5. The number of aromatic nitrogens is 3. The van der Waals surface area contributed by atoms with Gasteiger partial charge < -0.3 is 15.0 Å². The molecule has 3 aliphatic rings. The van der Waals surface area contributed by atoms with Crippen LogP contribution >= 0.6 is 0 Å². The molecule has 1 aromatic carbocycles. The fourth-order valence-corrected chi connectivity index (χ4v) is 5.40. The summed E-state index contributed by atoms with van der Waals surface area (Å²) in [7, 11) is 3.81. The number of fused-ring (bicyclic) bond motifs is 5. The average Bonchev–Trinajstić information content (AvgIpc) is 3.16. The van der Waals surface area contributed by atoms with Crippen LogP contribution in [0.2, 0.25) is 0 Å². The summed E-state index contributed by atoms with van der Waals surface area (Å²) in [5, 5.41) is 7.85. The van der Waals surface area contributed by atoms with Gasteiger partial charge in [0, 0.05) is 49.4 Å². The van der Waals surface area contributed by atoms with E-state index in [9.17, 15) is 4.79 Å². The van der Waals surface area contributed by atoms with E-state index in [1.807, 2.05) is 6.07 Å². The van der Waals surface area contributed by atoms with E-state index in [2.05, 4.69) is 46.6 Å². The van der Waals surface area contributed by atoms with Crippen LogP contribution in [0.25, 0.3) is 22.3 Å². The van der Waals surface area contributed by atoms with E-state index in [4.69, 9.17) is 9.72 Å². The lowest BCUT2D eigenvalue weighted by Gasteiger charge is -2.36. The highest BCUT2D eigenvalue weighted by molar-refractivity contribution is 5.78. The largest absolute Gasteiger partial charge is 0.472 e. The van der Waals surface area contributed by atoms with Crippen molar-refractivity contribution in [1.82, 2.24) is 20.1 Å². The molecule has 2 aromatic heterocycles. The summed E-state index contributed by atoms with van der Waals surface area (Å²) in [5.74, 6) is 1.67. The van der Waals surface area contributed by atoms with Crippen LogP contribution < -0.4 is 20.5 Å². The Balaban J connectivity index is 1.28. The van der Waals surface area contributed by atoms with Crippen LogP contribution in [0.15, 0.2) is 47.4 Å². The maximum absolute atomic E-state index is 12.0. The monoisotopic (exact) mass is 429 g/mol. The summed E-state index contributed by atoms with van der Waals surface area (Å²) in [6.45, 7) is 0.464. The van der Waals surface area contributed by atoms with Crippen LogP contribution in [0.5, 0.6) is 5.88 Å². The molecule has 0 spiro atoms. The number of benzene rings is 1. The Morgan fingerprint density at radius 1 is 1.06 bits per heavy atom. The highest BCUT2D eigenvalue weighted by Gasteiger charge is 2.35. The molecule has 0 aliphatic carbocycles. The van der Waals surface area contributed by atoms with Crippen LogP contribution in [0.3, 0.4) is 0 Å². The molecule has 3 atom stereocenters. The molecule has 3 aromatic rings. The van der Waals surface area contributed by atoms with Crippen LogP contribution in [-0.4, -0.2) is 39.9 Å². The van der Waals surface area contributed by atoms with Crippen molar-refractivity contribution >= 4 is 5.82 Å². The molecule has 7 nitrogen and oxygen atoms in total. The van der Waals surface area contributed by atoms with Gasteiger partial charge in [0.2, 0.25) is 5.88 Å². The van der Waals surface area contributed by atoms with Gasteiger partial charge in [-0.3, -0.25) is 4.79 Å². The zero-order valence-corrected chi connectivity index (χ0v) is 18.4. The predicted octanol–water partition coefficient (Wildman–Crippen LogP) is 3.12. The van der Waals surface area contributed by atoms with Crippen molar-refractivity contribution in [2.75, 3.05) is 11.9 Å². The number of nitrogens with one attached hydrogen (secondary N) is 1. The average molecular weight is 430 g/mol. The molecule has 164 valence electrons. The third kappa shape index (κ3) is 3.28. The van der Waals surface area contributed by atoms with E-state index in [0.29, 0.717) is 30.6 Å². The molecule has 7 heteroatoms. The quantitative estimate of drug-likeness (QED) is 0.690. The number of piperidine rings is 1. The molecule has 0 unspecified atom stereocenters. The Kier molecular flexibility index (Phi) is 4.54. The normalized spacial score (nSPS) is 23.2. The van der Waals surface area contributed by atoms with Crippen molar-refractivity contribution in [1.29, 1.82) is 0 Å². The second kappa shape index (κ2) is 7.45. The zero-order chi connectivity index (χ0) is 21.8. The van der Waals surface area contributed by atoms with Gasteiger partial charge in [0.05, 0.1) is 6.20 Å². The van der Waals surface area contributed by atoms with E-state index >= 15 is 0 Å². The van der Waals surface area contributed by atoms with Crippen molar-refractivity contribution in [2.24, 2.45) is 7.05 Å². The lowest BCUT2D eigenvalue weighted by molar-refractivity contribution is 0.289. The Hall–Kier alpha value is -3.19. The molecule has 0 amide bonds. The van der Waals surface area contributed by atoms with Crippen molar-refractivity contribution in [3.63, 3.8) is 0 Å².